The van der Waals surface area contributed by atoms with Crippen LogP contribution in [-0.4, -0.2) is 80.6 Å². The Hall–Kier alpha value is -1.59. The molecule has 1 saturated heterocycles. The Kier molecular flexibility index (Phi) is 8.16. The van der Waals surface area contributed by atoms with Crippen LogP contribution in [0.1, 0.15) is 48.9 Å². The normalized spacial score (nSPS) is 19.6. The number of hydrogen-bond acceptors (Lipinski definition) is 4. The number of ether oxygens (including phenoxy) is 1. The quantitative estimate of drug-likeness (QED) is 0.719. The Labute approximate surface area is 170 Å². The third-order valence-corrected chi connectivity index (χ3v) is 6.03. The highest BCUT2D eigenvalue weighted by Gasteiger charge is 2.24. The molecule has 0 bridgehead atoms. The molecular formula is C23H37N3O2. The molecule has 0 N–H and O–H groups in total. The summed E-state index contributed by atoms with van der Waals surface area (Å²) in [5.74, 6) is 1.68. The van der Waals surface area contributed by atoms with Gasteiger partial charge in [0.25, 0.3) is 5.91 Å². The third kappa shape index (κ3) is 6.21. The first-order valence-electron chi connectivity index (χ1n) is 11.0. The van der Waals surface area contributed by atoms with Gasteiger partial charge in [-0.25, -0.2) is 0 Å². The van der Waals surface area contributed by atoms with Crippen LogP contribution in [0.4, 0.5) is 0 Å². The first-order chi connectivity index (χ1) is 13.6. The van der Waals surface area contributed by atoms with E-state index >= 15 is 0 Å². The van der Waals surface area contributed by atoms with Crippen molar-refractivity contribution >= 4 is 5.91 Å². The van der Waals surface area contributed by atoms with Gasteiger partial charge < -0.3 is 19.4 Å². The molecule has 0 aromatic heterocycles. The van der Waals surface area contributed by atoms with Gasteiger partial charge in [0.15, 0.2) is 0 Å². The van der Waals surface area contributed by atoms with Crippen LogP contribution in [0.3, 0.4) is 0 Å². The van der Waals surface area contributed by atoms with Crippen LogP contribution >= 0.6 is 0 Å². The summed E-state index contributed by atoms with van der Waals surface area (Å²) >= 11 is 0. The van der Waals surface area contributed by atoms with Gasteiger partial charge in [0, 0.05) is 32.7 Å². The minimum absolute atomic E-state index is 0.111. The van der Waals surface area contributed by atoms with Crippen LogP contribution in [0.15, 0.2) is 24.3 Å². The number of rotatable bonds is 7. The fourth-order valence-electron chi connectivity index (χ4n) is 4.37. The molecule has 0 radical (unpaired) electrons. The van der Waals surface area contributed by atoms with Gasteiger partial charge in [0.2, 0.25) is 0 Å². The average molecular weight is 388 g/mol. The molecule has 5 nitrogen and oxygen atoms in total. The average Bonchev–Trinajstić information content (AvgIpc) is 2.94. The van der Waals surface area contributed by atoms with E-state index in [0.29, 0.717) is 17.9 Å². The Morgan fingerprint density at radius 1 is 1.04 bits per heavy atom. The molecule has 156 valence electrons. The van der Waals surface area contributed by atoms with Gasteiger partial charge in [-0.2, -0.15) is 0 Å². The Balaban J connectivity index is 1.55. The van der Waals surface area contributed by atoms with Crippen molar-refractivity contribution in [2.75, 3.05) is 60.0 Å². The summed E-state index contributed by atoms with van der Waals surface area (Å²) in [4.78, 5) is 19.9. The minimum Gasteiger partial charge on any atom is -0.491 e. The van der Waals surface area contributed by atoms with E-state index in [1.54, 1.807) is 0 Å². The lowest BCUT2D eigenvalue weighted by Gasteiger charge is -2.29. The summed E-state index contributed by atoms with van der Waals surface area (Å²) in [6.07, 6.45) is 8.03. The van der Waals surface area contributed by atoms with Crippen LogP contribution in [0, 0.1) is 5.92 Å². The molecule has 3 rings (SSSR count). The maximum atomic E-state index is 13.2. The van der Waals surface area contributed by atoms with Crippen molar-refractivity contribution < 1.29 is 9.53 Å². The molecule has 0 unspecified atom stereocenters. The van der Waals surface area contributed by atoms with E-state index in [9.17, 15) is 4.79 Å². The topological polar surface area (TPSA) is 36.0 Å². The maximum Gasteiger partial charge on any atom is 0.257 e. The molecule has 2 fully saturated rings. The van der Waals surface area contributed by atoms with Crippen LogP contribution in [-0.2, 0) is 0 Å². The van der Waals surface area contributed by atoms with Gasteiger partial charge in [0.1, 0.15) is 12.4 Å². The summed E-state index contributed by atoms with van der Waals surface area (Å²) in [5, 5.41) is 0. The second-order valence-corrected chi connectivity index (χ2v) is 8.60. The Morgan fingerprint density at radius 3 is 2.61 bits per heavy atom. The molecule has 1 amide bonds. The van der Waals surface area contributed by atoms with E-state index in [4.69, 9.17) is 4.74 Å². The van der Waals surface area contributed by atoms with Crippen molar-refractivity contribution in [2.45, 2.75) is 38.5 Å². The smallest absolute Gasteiger partial charge is 0.257 e. The van der Waals surface area contributed by atoms with Crippen LogP contribution < -0.4 is 4.74 Å². The van der Waals surface area contributed by atoms with Crippen LogP contribution in [0.5, 0.6) is 5.75 Å². The highest BCUT2D eigenvalue weighted by molar-refractivity contribution is 5.97. The number of amides is 1. The van der Waals surface area contributed by atoms with E-state index in [0.717, 1.165) is 45.1 Å². The zero-order valence-electron chi connectivity index (χ0n) is 17.7. The van der Waals surface area contributed by atoms with Crippen molar-refractivity contribution in [1.82, 2.24) is 14.7 Å². The number of carbonyl (C=O) groups excluding carboxylic acids is 1. The second-order valence-electron chi connectivity index (χ2n) is 8.60. The summed E-state index contributed by atoms with van der Waals surface area (Å²) in [6, 6.07) is 7.68. The number of nitrogens with zero attached hydrogens (tertiary/aromatic N) is 3. The molecule has 1 aromatic rings. The van der Waals surface area contributed by atoms with Gasteiger partial charge in [-0.15, -0.1) is 0 Å². The highest BCUT2D eigenvalue weighted by Crippen LogP contribution is 2.25. The number of para-hydroxylation sites is 1. The molecule has 28 heavy (non-hydrogen) atoms. The van der Waals surface area contributed by atoms with Crippen molar-refractivity contribution in [3.05, 3.63) is 29.8 Å². The Bertz CT molecular complexity index is 614. The first kappa shape index (κ1) is 21.1. The predicted octanol–water partition coefficient (Wildman–Crippen LogP) is 3.36. The van der Waals surface area contributed by atoms with E-state index in [1.165, 1.54) is 38.6 Å². The van der Waals surface area contributed by atoms with Crippen LogP contribution in [0.2, 0.25) is 0 Å². The van der Waals surface area contributed by atoms with E-state index < -0.39 is 0 Å². The lowest BCUT2D eigenvalue weighted by atomic mass is 9.89. The molecule has 1 aliphatic heterocycles. The van der Waals surface area contributed by atoms with Gasteiger partial charge in [-0.3, -0.25) is 4.79 Å². The molecular weight excluding hydrogens is 350 g/mol. The fraction of sp³-hybridized carbons (Fsp3) is 0.696. The minimum atomic E-state index is 0.111. The molecule has 0 spiro atoms. The third-order valence-electron chi connectivity index (χ3n) is 6.03. The molecule has 1 heterocycles. The lowest BCUT2D eigenvalue weighted by Crippen LogP contribution is -2.37. The highest BCUT2D eigenvalue weighted by atomic mass is 16.5. The first-order valence-corrected chi connectivity index (χ1v) is 11.0. The fourth-order valence-corrected chi connectivity index (χ4v) is 4.37. The van der Waals surface area contributed by atoms with E-state index in [2.05, 4.69) is 9.80 Å². The molecule has 0 atom stereocenters. The summed E-state index contributed by atoms with van der Waals surface area (Å²) in [7, 11) is 4.05. The molecule has 5 heteroatoms. The van der Waals surface area contributed by atoms with Gasteiger partial charge in [-0.1, -0.05) is 31.4 Å². The molecule has 1 aliphatic carbocycles. The van der Waals surface area contributed by atoms with Crippen molar-refractivity contribution in [2.24, 2.45) is 5.92 Å². The summed E-state index contributed by atoms with van der Waals surface area (Å²) in [5.41, 5.74) is 0.696. The van der Waals surface area contributed by atoms with Gasteiger partial charge in [-0.05, 0) is 58.0 Å². The van der Waals surface area contributed by atoms with Gasteiger partial charge in [0.05, 0.1) is 5.56 Å². The van der Waals surface area contributed by atoms with Crippen molar-refractivity contribution in [3.8, 4) is 5.75 Å². The Morgan fingerprint density at radius 2 is 1.82 bits per heavy atom. The zero-order valence-corrected chi connectivity index (χ0v) is 17.7. The van der Waals surface area contributed by atoms with E-state index in [-0.39, 0.29) is 5.91 Å². The van der Waals surface area contributed by atoms with Gasteiger partial charge >= 0.3 is 0 Å². The molecule has 1 aromatic carbocycles. The van der Waals surface area contributed by atoms with Crippen molar-refractivity contribution in [3.63, 3.8) is 0 Å². The van der Waals surface area contributed by atoms with Crippen molar-refractivity contribution in [1.29, 1.82) is 0 Å². The maximum absolute atomic E-state index is 13.2. The zero-order chi connectivity index (χ0) is 19.8. The number of hydrogen-bond donors (Lipinski definition) is 0. The number of carbonyl (C=O) groups is 1. The monoisotopic (exact) mass is 387 g/mol. The number of likely N-dealkylation sites (N-methyl/N-ethyl adjacent to an activating group) is 1. The van der Waals surface area contributed by atoms with Crippen LogP contribution in [0.25, 0.3) is 0 Å². The SMILES string of the molecule is CN(C)CCOc1ccccc1C(=O)N1CCCN(CC2CCCCC2)CC1. The molecule has 1 saturated carbocycles. The molecule has 2 aliphatic rings. The summed E-state index contributed by atoms with van der Waals surface area (Å²) in [6.45, 7) is 6.40. The standard InChI is InChI=1S/C23H37N3O2/c1-24(2)17-18-28-22-12-7-6-11-21(22)23(27)26-14-8-13-25(15-16-26)19-20-9-4-3-5-10-20/h6-7,11-12,20H,3-5,8-10,13-19H2,1-2H3. The number of benzene rings is 1. The predicted molar refractivity (Wildman–Crippen MR) is 114 cm³/mol. The van der Waals surface area contributed by atoms with E-state index in [1.807, 2.05) is 43.3 Å². The lowest BCUT2D eigenvalue weighted by molar-refractivity contribution is 0.0755. The largest absolute Gasteiger partial charge is 0.491 e. The summed E-state index contributed by atoms with van der Waals surface area (Å²) < 4.78 is 5.91. The second kappa shape index (κ2) is 10.8.